The van der Waals surface area contributed by atoms with Crippen molar-refractivity contribution in [3.05, 3.63) is 32.1 Å². The molecule has 0 aliphatic heterocycles. The molecule has 4 heteroatoms. The van der Waals surface area contributed by atoms with E-state index < -0.39 is 5.69 Å². The van der Waals surface area contributed by atoms with Gasteiger partial charge in [0.15, 0.2) is 0 Å². The van der Waals surface area contributed by atoms with Gasteiger partial charge < -0.3 is 4.98 Å². The number of rotatable bonds is 1. The minimum Gasteiger partial charge on any atom is -0.311 e. The van der Waals surface area contributed by atoms with Crippen LogP contribution in [0.1, 0.15) is 18.2 Å². The second-order valence-corrected chi connectivity index (χ2v) is 2.37. The van der Waals surface area contributed by atoms with E-state index in [1.807, 2.05) is 6.92 Å². The molecule has 0 saturated carbocycles. The molecule has 0 radical (unpaired) electrons. The Hall–Kier alpha value is -1.32. The molecule has 4 nitrogen and oxygen atoms in total. The summed E-state index contributed by atoms with van der Waals surface area (Å²) in [6, 6.07) is 0. The number of nitrogens with one attached hydrogen (secondary N) is 2. The summed E-state index contributed by atoms with van der Waals surface area (Å²) in [7, 11) is 0. The maximum atomic E-state index is 11.0. The van der Waals surface area contributed by atoms with Gasteiger partial charge in [-0.1, -0.05) is 6.92 Å². The second kappa shape index (κ2) is 2.74. The Bertz CT molecular complexity index is 361. The normalized spacial score (nSPS) is 10.0. The van der Waals surface area contributed by atoms with E-state index >= 15 is 0 Å². The molecule has 0 fully saturated rings. The summed E-state index contributed by atoms with van der Waals surface area (Å²) < 4.78 is 0. The van der Waals surface area contributed by atoms with E-state index in [1.165, 1.54) is 0 Å². The van der Waals surface area contributed by atoms with Gasteiger partial charge in [-0.25, -0.2) is 4.79 Å². The Morgan fingerprint density at radius 2 is 1.91 bits per heavy atom. The highest BCUT2D eigenvalue weighted by molar-refractivity contribution is 5.13. The van der Waals surface area contributed by atoms with Gasteiger partial charge in [-0.15, -0.1) is 0 Å². The van der Waals surface area contributed by atoms with E-state index in [1.54, 1.807) is 6.92 Å². The minimum atomic E-state index is -0.440. The summed E-state index contributed by atoms with van der Waals surface area (Å²) >= 11 is 0. The first-order valence-electron chi connectivity index (χ1n) is 3.47. The monoisotopic (exact) mass is 154 g/mol. The van der Waals surface area contributed by atoms with Crippen molar-refractivity contribution in [1.29, 1.82) is 0 Å². The molecule has 0 aliphatic rings. The molecule has 0 saturated heterocycles. The third-order valence-electron chi connectivity index (χ3n) is 1.61. The highest BCUT2D eigenvalue weighted by atomic mass is 16.2. The van der Waals surface area contributed by atoms with Gasteiger partial charge >= 0.3 is 5.69 Å². The van der Waals surface area contributed by atoms with Crippen molar-refractivity contribution in [2.75, 3.05) is 0 Å². The second-order valence-electron chi connectivity index (χ2n) is 2.37. The fourth-order valence-electron chi connectivity index (χ4n) is 1.05. The average Bonchev–Trinajstić information content (AvgIpc) is 1.85. The Balaban J connectivity index is 3.49. The van der Waals surface area contributed by atoms with Crippen molar-refractivity contribution in [2.45, 2.75) is 20.3 Å². The molecular formula is C7H10N2O2. The number of hydrogen-bond donors (Lipinski definition) is 2. The highest BCUT2D eigenvalue weighted by Crippen LogP contribution is 1.93. The predicted octanol–water partition coefficient (Wildman–Crippen LogP) is -0.0660. The molecule has 0 amide bonds. The summed E-state index contributed by atoms with van der Waals surface area (Å²) in [5, 5.41) is 0. The molecule has 1 rings (SSSR count). The van der Waals surface area contributed by atoms with Crippen molar-refractivity contribution in [1.82, 2.24) is 9.97 Å². The Kier molecular flexibility index (Phi) is 1.94. The van der Waals surface area contributed by atoms with Crippen LogP contribution >= 0.6 is 0 Å². The molecule has 0 aromatic carbocycles. The topological polar surface area (TPSA) is 65.7 Å². The number of aryl methyl sites for hydroxylation is 1. The molecule has 1 heterocycles. The summed E-state index contributed by atoms with van der Waals surface area (Å²) in [5.41, 5.74) is 0.573. The molecule has 60 valence electrons. The smallest absolute Gasteiger partial charge is 0.311 e. The van der Waals surface area contributed by atoms with Crippen LogP contribution in [0, 0.1) is 6.92 Å². The van der Waals surface area contributed by atoms with Crippen molar-refractivity contribution < 1.29 is 0 Å². The summed E-state index contributed by atoms with van der Waals surface area (Å²) in [6.45, 7) is 3.59. The quantitative estimate of drug-likeness (QED) is 0.594. The number of H-pyrrole nitrogens is 2. The van der Waals surface area contributed by atoms with Gasteiger partial charge in [-0.2, -0.15) is 0 Å². The van der Waals surface area contributed by atoms with Crippen LogP contribution in [0.4, 0.5) is 0 Å². The van der Waals surface area contributed by atoms with Crippen LogP contribution in [0.5, 0.6) is 0 Å². The van der Waals surface area contributed by atoms with Crippen molar-refractivity contribution in [3.63, 3.8) is 0 Å². The molecular weight excluding hydrogens is 144 g/mol. The van der Waals surface area contributed by atoms with Crippen LogP contribution in [-0.4, -0.2) is 9.97 Å². The van der Waals surface area contributed by atoms with E-state index in [4.69, 9.17) is 0 Å². The van der Waals surface area contributed by atoms with Crippen molar-refractivity contribution in [3.8, 4) is 0 Å². The summed E-state index contributed by atoms with van der Waals surface area (Å²) in [4.78, 5) is 26.4. The standard InChI is InChI=1S/C7H10N2O2/c1-3-5-4(2)8-7(11)9-6(5)10/h3H2,1-2H3,(H2,8,9,10,11). The zero-order valence-corrected chi connectivity index (χ0v) is 6.52. The van der Waals surface area contributed by atoms with Crippen LogP contribution < -0.4 is 11.2 Å². The maximum Gasteiger partial charge on any atom is 0.325 e. The molecule has 1 aromatic rings. The van der Waals surface area contributed by atoms with Gasteiger partial charge in [-0.3, -0.25) is 9.78 Å². The lowest BCUT2D eigenvalue weighted by Crippen LogP contribution is -2.26. The van der Waals surface area contributed by atoms with Gasteiger partial charge in [0.25, 0.3) is 5.56 Å². The van der Waals surface area contributed by atoms with Crippen LogP contribution in [-0.2, 0) is 6.42 Å². The molecule has 0 bridgehead atoms. The van der Waals surface area contributed by atoms with Crippen molar-refractivity contribution in [2.24, 2.45) is 0 Å². The number of aromatic amines is 2. The van der Waals surface area contributed by atoms with Gasteiger partial charge in [-0.05, 0) is 13.3 Å². The zero-order chi connectivity index (χ0) is 8.43. The highest BCUT2D eigenvalue weighted by Gasteiger charge is 2.01. The lowest BCUT2D eigenvalue weighted by Gasteiger charge is -1.97. The lowest BCUT2D eigenvalue weighted by atomic mass is 10.2. The molecule has 2 N–H and O–H groups in total. The molecule has 0 unspecified atom stereocenters. The third kappa shape index (κ3) is 1.39. The van der Waals surface area contributed by atoms with E-state index in [0.717, 1.165) is 0 Å². The summed E-state index contributed by atoms with van der Waals surface area (Å²) in [5.74, 6) is 0. The van der Waals surface area contributed by atoms with E-state index in [2.05, 4.69) is 9.97 Å². The fourth-order valence-corrected chi connectivity index (χ4v) is 1.05. The predicted molar refractivity (Wildman–Crippen MR) is 41.8 cm³/mol. The molecule has 11 heavy (non-hydrogen) atoms. The first-order chi connectivity index (χ1) is 5.15. The van der Waals surface area contributed by atoms with Crippen LogP contribution in [0.15, 0.2) is 9.59 Å². The third-order valence-corrected chi connectivity index (χ3v) is 1.61. The Morgan fingerprint density at radius 1 is 1.27 bits per heavy atom. The Morgan fingerprint density at radius 3 is 2.36 bits per heavy atom. The first-order valence-corrected chi connectivity index (χ1v) is 3.47. The molecule has 0 spiro atoms. The van der Waals surface area contributed by atoms with Gasteiger partial charge in [0.05, 0.1) is 0 Å². The van der Waals surface area contributed by atoms with Crippen LogP contribution in [0.3, 0.4) is 0 Å². The SMILES string of the molecule is CCc1c(C)[nH]c(=O)[nH]c1=O. The largest absolute Gasteiger partial charge is 0.325 e. The first kappa shape index (κ1) is 7.78. The lowest BCUT2D eigenvalue weighted by molar-refractivity contribution is 0.921. The molecule has 0 aliphatic carbocycles. The van der Waals surface area contributed by atoms with Gasteiger partial charge in [0.1, 0.15) is 0 Å². The maximum absolute atomic E-state index is 11.0. The zero-order valence-electron chi connectivity index (χ0n) is 6.52. The molecule has 1 aromatic heterocycles. The van der Waals surface area contributed by atoms with Crippen molar-refractivity contribution >= 4 is 0 Å². The van der Waals surface area contributed by atoms with Crippen LogP contribution in [0.2, 0.25) is 0 Å². The number of hydrogen-bond acceptors (Lipinski definition) is 2. The molecule has 0 atom stereocenters. The van der Waals surface area contributed by atoms with Gasteiger partial charge in [0.2, 0.25) is 0 Å². The Labute approximate surface area is 63.3 Å². The number of aromatic nitrogens is 2. The van der Waals surface area contributed by atoms with E-state index in [0.29, 0.717) is 17.7 Å². The van der Waals surface area contributed by atoms with E-state index in [9.17, 15) is 9.59 Å². The average molecular weight is 154 g/mol. The van der Waals surface area contributed by atoms with Crippen LogP contribution in [0.25, 0.3) is 0 Å². The minimum absolute atomic E-state index is 0.284. The summed E-state index contributed by atoms with van der Waals surface area (Å²) in [6.07, 6.45) is 0.637. The van der Waals surface area contributed by atoms with E-state index in [-0.39, 0.29) is 5.56 Å². The fraction of sp³-hybridized carbons (Fsp3) is 0.429. The van der Waals surface area contributed by atoms with Gasteiger partial charge in [0, 0.05) is 11.3 Å².